The van der Waals surface area contributed by atoms with Crippen LogP contribution in [0.5, 0.6) is 11.5 Å². The molecule has 1 heterocycles. The van der Waals surface area contributed by atoms with Crippen LogP contribution in [-0.4, -0.2) is 54.3 Å². The average molecular weight is 620 g/mol. The monoisotopic (exact) mass is 618 g/mol. The molecule has 3 aromatic carbocycles. The van der Waals surface area contributed by atoms with Gasteiger partial charge in [0.25, 0.3) is 0 Å². The molecule has 224 valence electrons. The van der Waals surface area contributed by atoms with Gasteiger partial charge in [-0.15, -0.1) is 0 Å². The summed E-state index contributed by atoms with van der Waals surface area (Å²) < 4.78 is 12.5. The summed E-state index contributed by atoms with van der Waals surface area (Å²) in [4.78, 5) is 2.50. The molecule has 9 heteroatoms. The summed E-state index contributed by atoms with van der Waals surface area (Å²) in [6, 6.07) is 19.6. The van der Waals surface area contributed by atoms with E-state index in [1.165, 1.54) is 19.3 Å². The fourth-order valence-corrected chi connectivity index (χ4v) is 5.74. The Kier molecular flexibility index (Phi) is 10.9. The first-order valence-corrected chi connectivity index (χ1v) is 15.3. The summed E-state index contributed by atoms with van der Waals surface area (Å²) in [5.41, 5.74) is 4.85. The number of hydrogen-bond acceptors (Lipinski definition) is 7. The van der Waals surface area contributed by atoms with E-state index in [0.29, 0.717) is 28.1 Å². The Hall–Kier alpha value is -3.62. The molecule has 3 aromatic rings. The molecule has 0 atom stereocenters. The fraction of sp³-hybridized carbons (Fsp3) is 0.294. The summed E-state index contributed by atoms with van der Waals surface area (Å²) in [5.74, 6) is 1.13. The SMILES string of the molecule is N=C1C=C(COc2cc(OCc3cccc(-c4ccccc4)c3Cl)c(Cl)cc2CNCCN2CCCCC2)C=C/C1=N/O. The lowest BCUT2D eigenvalue weighted by Crippen LogP contribution is -2.35. The lowest BCUT2D eigenvalue weighted by molar-refractivity contribution is 0.229. The van der Waals surface area contributed by atoms with Crippen molar-refractivity contribution < 1.29 is 14.7 Å². The van der Waals surface area contributed by atoms with E-state index in [1.807, 2.05) is 60.7 Å². The number of hydrogen-bond donors (Lipinski definition) is 3. The van der Waals surface area contributed by atoms with E-state index in [1.54, 1.807) is 18.2 Å². The molecule has 0 saturated carbocycles. The molecule has 1 aliphatic carbocycles. The van der Waals surface area contributed by atoms with Crippen molar-refractivity contribution in [2.45, 2.75) is 32.4 Å². The second kappa shape index (κ2) is 15.2. The van der Waals surface area contributed by atoms with Gasteiger partial charge in [0.2, 0.25) is 0 Å². The zero-order chi connectivity index (χ0) is 30.0. The van der Waals surface area contributed by atoms with Gasteiger partial charge in [-0.2, -0.15) is 0 Å². The summed E-state index contributed by atoms with van der Waals surface area (Å²) in [5, 5.41) is 24.9. The highest BCUT2D eigenvalue weighted by molar-refractivity contribution is 6.50. The van der Waals surface area contributed by atoms with Crippen molar-refractivity contribution in [1.82, 2.24) is 10.2 Å². The minimum atomic E-state index is 0.123. The third-order valence-electron chi connectivity index (χ3n) is 7.59. The number of likely N-dealkylation sites (tertiary alicyclic amines) is 1. The standard InChI is InChI=1S/C34H36Cl2N4O3/c35-29-19-27(21-38-14-17-40-15-5-2-6-16-40)32(42-22-24-12-13-31(39-41)30(37)18-24)20-33(29)43-23-26-10-7-11-28(34(26)36)25-8-3-1-4-9-25/h1,3-4,7-13,18-20,37-38,41H,2,5-6,14-17,21-23H2/b37-30?,39-31-. The van der Waals surface area contributed by atoms with Crippen LogP contribution in [0.3, 0.4) is 0 Å². The van der Waals surface area contributed by atoms with Gasteiger partial charge in [0.15, 0.2) is 0 Å². The number of ether oxygens (including phenoxy) is 2. The maximum atomic E-state index is 9.05. The Bertz CT molecular complexity index is 1520. The van der Waals surface area contributed by atoms with Gasteiger partial charge in [-0.05, 0) is 55.3 Å². The molecule has 0 radical (unpaired) electrons. The molecular formula is C34H36Cl2N4O3. The molecule has 0 bridgehead atoms. The van der Waals surface area contributed by atoms with Crippen LogP contribution >= 0.6 is 23.2 Å². The van der Waals surface area contributed by atoms with Crippen molar-refractivity contribution in [3.05, 3.63) is 106 Å². The largest absolute Gasteiger partial charge is 0.488 e. The highest BCUT2D eigenvalue weighted by Gasteiger charge is 2.16. The molecule has 0 unspecified atom stereocenters. The van der Waals surface area contributed by atoms with E-state index < -0.39 is 0 Å². The average Bonchev–Trinajstić information content (AvgIpc) is 3.03. The minimum Gasteiger partial charge on any atom is -0.488 e. The van der Waals surface area contributed by atoms with Crippen LogP contribution in [-0.2, 0) is 13.2 Å². The van der Waals surface area contributed by atoms with E-state index in [-0.39, 0.29) is 24.6 Å². The van der Waals surface area contributed by atoms with Crippen LogP contribution in [0, 0.1) is 5.41 Å². The summed E-state index contributed by atoms with van der Waals surface area (Å²) in [7, 11) is 0. The molecule has 2 aliphatic rings. The number of benzene rings is 3. The van der Waals surface area contributed by atoms with Gasteiger partial charge >= 0.3 is 0 Å². The van der Waals surface area contributed by atoms with Crippen LogP contribution in [0.25, 0.3) is 11.1 Å². The number of allylic oxidation sites excluding steroid dienone is 2. The maximum Gasteiger partial charge on any atom is 0.142 e. The van der Waals surface area contributed by atoms with Crippen LogP contribution in [0.15, 0.2) is 89.6 Å². The smallest absolute Gasteiger partial charge is 0.142 e. The van der Waals surface area contributed by atoms with Crippen molar-refractivity contribution >= 4 is 34.6 Å². The second-order valence-corrected chi connectivity index (χ2v) is 11.4. The first-order valence-electron chi connectivity index (χ1n) is 14.6. The zero-order valence-electron chi connectivity index (χ0n) is 24.0. The lowest BCUT2D eigenvalue weighted by Gasteiger charge is -2.26. The minimum absolute atomic E-state index is 0.123. The first-order chi connectivity index (χ1) is 21.0. The van der Waals surface area contributed by atoms with Gasteiger partial charge in [-0.1, -0.05) is 89.4 Å². The zero-order valence-corrected chi connectivity index (χ0v) is 25.5. The molecule has 0 amide bonds. The summed E-state index contributed by atoms with van der Waals surface area (Å²) >= 11 is 13.5. The third kappa shape index (κ3) is 8.27. The number of oxime groups is 1. The predicted octanol–water partition coefficient (Wildman–Crippen LogP) is 7.54. The van der Waals surface area contributed by atoms with Gasteiger partial charge in [0.05, 0.1) is 15.8 Å². The Morgan fingerprint density at radius 1 is 0.884 bits per heavy atom. The van der Waals surface area contributed by atoms with Crippen LogP contribution in [0.4, 0.5) is 0 Å². The van der Waals surface area contributed by atoms with Crippen molar-refractivity contribution in [1.29, 1.82) is 5.41 Å². The van der Waals surface area contributed by atoms with E-state index in [2.05, 4.69) is 15.4 Å². The predicted molar refractivity (Wildman–Crippen MR) is 174 cm³/mol. The van der Waals surface area contributed by atoms with Crippen LogP contribution in [0.2, 0.25) is 10.0 Å². The molecular weight excluding hydrogens is 583 g/mol. The quantitative estimate of drug-likeness (QED) is 0.0844. The van der Waals surface area contributed by atoms with E-state index >= 15 is 0 Å². The van der Waals surface area contributed by atoms with Gasteiger partial charge in [0, 0.05) is 42.4 Å². The Labute approximate surface area is 262 Å². The molecule has 5 rings (SSSR count). The number of rotatable bonds is 12. The van der Waals surface area contributed by atoms with Crippen LogP contribution in [0.1, 0.15) is 30.4 Å². The maximum absolute atomic E-state index is 9.05. The molecule has 43 heavy (non-hydrogen) atoms. The lowest BCUT2D eigenvalue weighted by atomic mass is 10.0. The van der Waals surface area contributed by atoms with Crippen molar-refractivity contribution in [3.8, 4) is 22.6 Å². The number of nitrogens with zero attached hydrogens (tertiary/aromatic N) is 2. The Morgan fingerprint density at radius 3 is 2.44 bits per heavy atom. The molecule has 1 aliphatic heterocycles. The van der Waals surface area contributed by atoms with E-state index in [4.69, 9.17) is 43.3 Å². The van der Waals surface area contributed by atoms with E-state index in [9.17, 15) is 0 Å². The number of nitrogens with one attached hydrogen (secondary N) is 2. The highest BCUT2D eigenvalue weighted by atomic mass is 35.5. The third-order valence-corrected chi connectivity index (χ3v) is 8.34. The molecule has 1 saturated heterocycles. The first kappa shape index (κ1) is 30.8. The topological polar surface area (TPSA) is 90.2 Å². The van der Waals surface area contributed by atoms with Crippen molar-refractivity contribution in [3.63, 3.8) is 0 Å². The van der Waals surface area contributed by atoms with Gasteiger partial charge in [-0.25, -0.2) is 0 Å². The Morgan fingerprint density at radius 2 is 1.67 bits per heavy atom. The normalized spacial score (nSPS) is 16.4. The molecule has 0 spiro atoms. The highest BCUT2D eigenvalue weighted by Crippen LogP contribution is 2.36. The molecule has 7 nitrogen and oxygen atoms in total. The van der Waals surface area contributed by atoms with Crippen LogP contribution < -0.4 is 14.8 Å². The van der Waals surface area contributed by atoms with Crippen molar-refractivity contribution in [2.24, 2.45) is 5.16 Å². The van der Waals surface area contributed by atoms with Gasteiger partial charge in [0.1, 0.15) is 30.4 Å². The Balaban J connectivity index is 1.30. The molecule has 1 fully saturated rings. The van der Waals surface area contributed by atoms with Gasteiger partial charge < -0.3 is 24.9 Å². The van der Waals surface area contributed by atoms with Gasteiger partial charge in [-0.3, -0.25) is 5.41 Å². The summed E-state index contributed by atoms with van der Waals surface area (Å²) in [6.07, 6.45) is 8.85. The molecule has 0 aromatic heterocycles. The second-order valence-electron chi connectivity index (χ2n) is 10.6. The van der Waals surface area contributed by atoms with Crippen molar-refractivity contribution in [2.75, 3.05) is 32.8 Å². The summed E-state index contributed by atoms with van der Waals surface area (Å²) in [6.45, 7) is 5.23. The molecule has 3 N–H and O–H groups in total. The van der Waals surface area contributed by atoms with E-state index in [0.717, 1.165) is 54.0 Å². The fourth-order valence-electron chi connectivity index (χ4n) is 5.21. The number of piperidine rings is 1. The number of halogens is 2.